The Labute approximate surface area is 173 Å². The smallest absolute Gasteiger partial charge is 0.295 e. The van der Waals surface area contributed by atoms with Gasteiger partial charge in [-0.3, -0.25) is 19.7 Å². The van der Waals surface area contributed by atoms with E-state index in [1.165, 1.54) is 29.2 Å². The molecule has 1 atom stereocenters. The molecule has 1 heterocycles. The number of carbonyl (C=O) groups is 2. The molecule has 8 nitrogen and oxygen atoms in total. The Kier molecular flexibility index (Phi) is 6.15. The van der Waals surface area contributed by atoms with Gasteiger partial charge in [0.25, 0.3) is 17.4 Å². The lowest BCUT2D eigenvalue weighted by molar-refractivity contribution is -0.384. The fourth-order valence-corrected chi connectivity index (χ4v) is 3.56. The molecule has 1 amide bonds. The highest BCUT2D eigenvalue weighted by Crippen LogP contribution is 2.40. The largest absolute Gasteiger partial charge is 0.507 e. The molecule has 0 radical (unpaired) electrons. The molecule has 0 spiro atoms. The first kappa shape index (κ1) is 21.0. The van der Waals surface area contributed by atoms with Crippen LogP contribution in [0.25, 0.3) is 5.76 Å². The van der Waals surface area contributed by atoms with Crippen molar-refractivity contribution in [2.75, 3.05) is 13.2 Å². The minimum atomic E-state index is -0.820. The highest BCUT2D eigenvalue weighted by atomic mass is 16.6. The summed E-state index contributed by atoms with van der Waals surface area (Å²) in [5, 5.41) is 22.0. The zero-order chi connectivity index (χ0) is 21.8. The summed E-state index contributed by atoms with van der Waals surface area (Å²) in [6, 6.07) is 11.5. The Morgan fingerprint density at radius 3 is 2.57 bits per heavy atom. The molecule has 1 aliphatic heterocycles. The van der Waals surface area contributed by atoms with Gasteiger partial charge in [0.1, 0.15) is 11.5 Å². The molecule has 8 heteroatoms. The Hall–Kier alpha value is -3.68. The minimum Gasteiger partial charge on any atom is -0.507 e. The number of ketones is 1. The standard InChI is InChI=1S/C22H22N2O6/c1-3-11-23-19(14-7-6-10-17(13-14)30-4-2)18(21(26)22(23)27)20(25)15-8-5-9-16(12-15)24(28)29/h5-10,12-13,19,25H,3-4,11H2,1-2H3/b20-18-. The van der Waals surface area contributed by atoms with Crippen LogP contribution in [0.15, 0.2) is 54.1 Å². The zero-order valence-electron chi connectivity index (χ0n) is 16.7. The van der Waals surface area contributed by atoms with Gasteiger partial charge >= 0.3 is 0 Å². The highest BCUT2D eigenvalue weighted by molar-refractivity contribution is 6.46. The Balaban J connectivity index is 2.19. The third-order valence-electron chi connectivity index (χ3n) is 4.82. The van der Waals surface area contributed by atoms with Crippen molar-refractivity contribution in [3.8, 4) is 5.75 Å². The maximum atomic E-state index is 12.8. The summed E-state index contributed by atoms with van der Waals surface area (Å²) in [6.45, 7) is 4.50. The summed E-state index contributed by atoms with van der Waals surface area (Å²) < 4.78 is 5.54. The van der Waals surface area contributed by atoms with E-state index in [1.54, 1.807) is 24.3 Å². The third-order valence-corrected chi connectivity index (χ3v) is 4.82. The van der Waals surface area contributed by atoms with Gasteiger partial charge in [-0.15, -0.1) is 0 Å². The number of ether oxygens (including phenoxy) is 1. The molecule has 156 valence electrons. The first-order chi connectivity index (χ1) is 14.4. The lowest BCUT2D eigenvalue weighted by Crippen LogP contribution is -2.30. The van der Waals surface area contributed by atoms with Crippen LogP contribution in [0.5, 0.6) is 5.75 Å². The van der Waals surface area contributed by atoms with Gasteiger partial charge in [0.15, 0.2) is 0 Å². The Bertz CT molecular complexity index is 1030. The van der Waals surface area contributed by atoms with Gasteiger partial charge < -0.3 is 14.7 Å². The molecule has 1 aliphatic rings. The topological polar surface area (TPSA) is 110 Å². The van der Waals surface area contributed by atoms with Crippen molar-refractivity contribution >= 4 is 23.1 Å². The Morgan fingerprint density at radius 1 is 1.17 bits per heavy atom. The summed E-state index contributed by atoms with van der Waals surface area (Å²) >= 11 is 0. The molecule has 1 N–H and O–H groups in total. The molecule has 2 aromatic rings. The van der Waals surface area contributed by atoms with E-state index in [9.17, 15) is 24.8 Å². The SMILES string of the molecule is CCCN1C(=O)C(=O)/C(=C(\O)c2cccc([N+](=O)[O-])c2)C1c1cccc(OCC)c1. The predicted molar refractivity (Wildman–Crippen MR) is 110 cm³/mol. The molecular formula is C22H22N2O6. The van der Waals surface area contributed by atoms with Gasteiger partial charge in [-0.1, -0.05) is 31.2 Å². The van der Waals surface area contributed by atoms with E-state index in [0.29, 0.717) is 30.9 Å². The molecule has 0 aromatic heterocycles. The number of hydrogen-bond donors (Lipinski definition) is 1. The van der Waals surface area contributed by atoms with E-state index in [1.807, 2.05) is 13.8 Å². The molecule has 0 bridgehead atoms. The molecule has 1 unspecified atom stereocenters. The zero-order valence-corrected chi connectivity index (χ0v) is 16.7. The fourth-order valence-electron chi connectivity index (χ4n) is 3.56. The second kappa shape index (κ2) is 8.77. The second-order valence-electron chi connectivity index (χ2n) is 6.81. The van der Waals surface area contributed by atoms with Crippen molar-refractivity contribution in [3.05, 3.63) is 75.3 Å². The van der Waals surface area contributed by atoms with Gasteiger partial charge in [0.05, 0.1) is 23.1 Å². The first-order valence-corrected chi connectivity index (χ1v) is 9.65. The fraction of sp³-hybridized carbons (Fsp3) is 0.273. The average Bonchev–Trinajstić information content (AvgIpc) is 2.99. The molecule has 0 saturated carbocycles. The quantitative estimate of drug-likeness (QED) is 0.244. The normalized spacial score (nSPS) is 17.9. The number of rotatable bonds is 7. The van der Waals surface area contributed by atoms with Crippen LogP contribution in [0.1, 0.15) is 37.4 Å². The van der Waals surface area contributed by atoms with Crippen LogP contribution in [-0.4, -0.2) is 39.8 Å². The summed E-state index contributed by atoms with van der Waals surface area (Å²) in [5.74, 6) is -1.40. The number of non-ortho nitro benzene ring substituents is 1. The van der Waals surface area contributed by atoms with Crippen LogP contribution in [0.3, 0.4) is 0 Å². The monoisotopic (exact) mass is 410 g/mol. The van der Waals surface area contributed by atoms with E-state index >= 15 is 0 Å². The number of nitro benzene ring substituents is 1. The number of carbonyl (C=O) groups excluding carboxylic acids is 2. The van der Waals surface area contributed by atoms with Crippen LogP contribution < -0.4 is 4.74 Å². The third kappa shape index (κ3) is 3.89. The number of Topliss-reactive ketones (excluding diaryl/α,β-unsaturated/α-hetero) is 1. The molecule has 0 aliphatic carbocycles. The van der Waals surface area contributed by atoms with E-state index in [4.69, 9.17) is 4.74 Å². The van der Waals surface area contributed by atoms with Crippen molar-refractivity contribution in [2.24, 2.45) is 0 Å². The molecule has 30 heavy (non-hydrogen) atoms. The number of nitrogens with zero attached hydrogens (tertiary/aromatic N) is 2. The van der Waals surface area contributed by atoms with Gasteiger partial charge in [-0.2, -0.15) is 0 Å². The predicted octanol–water partition coefficient (Wildman–Crippen LogP) is 3.83. The molecule has 2 aromatic carbocycles. The van der Waals surface area contributed by atoms with Crippen LogP contribution in [0.2, 0.25) is 0 Å². The van der Waals surface area contributed by atoms with Crippen molar-refractivity contribution in [1.29, 1.82) is 0 Å². The van der Waals surface area contributed by atoms with Crippen molar-refractivity contribution in [3.63, 3.8) is 0 Å². The lowest BCUT2D eigenvalue weighted by Gasteiger charge is -2.25. The maximum Gasteiger partial charge on any atom is 0.295 e. The molecule has 1 saturated heterocycles. The van der Waals surface area contributed by atoms with Crippen LogP contribution >= 0.6 is 0 Å². The van der Waals surface area contributed by atoms with E-state index in [-0.39, 0.29) is 16.8 Å². The van der Waals surface area contributed by atoms with Crippen molar-refractivity contribution < 1.29 is 24.4 Å². The van der Waals surface area contributed by atoms with Crippen LogP contribution in [0.4, 0.5) is 5.69 Å². The molecular weight excluding hydrogens is 388 g/mol. The average molecular weight is 410 g/mol. The van der Waals surface area contributed by atoms with E-state index in [2.05, 4.69) is 0 Å². The van der Waals surface area contributed by atoms with Crippen LogP contribution in [-0.2, 0) is 9.59 Å². The van der Waals surface area contributed by atoms with Crippen LogP contribution in [0, 0.1) is 10.1 Å². The van der Waals surface area contributed by atoms with Crippen molar-refractivity contribution in [2.45, 2.75) is 26.3 Å². The Morgan fingerprint density at radius 2 is 1.90 bits per heavy atom. The summed E-state index contributed by atoms with van der Waals surface area (Å²) in [4.78, 5) is 37.5. The first-order valence-electron chi connectivity index (χ1n) is 9.65. The maximum absolute atomic E-state index is 12.8. The lowest BCUT2D eigenvalue weighted by atomic mass is 9.95. The summed E-state index contributed by atoms with van der Waals surface area (Å²) in [6.07, 6.45) is 0.617. The molecule has 1 fully saturated rings. The van der Waals surface area contributed by atoms with E-state index in [0.717, 1.165) is 0 Å². The number of benzene rings is 2. The van der Waals surface area contributed by atoms with Gasteiger partial charge in [-0.05, 0) is 31.0 Å². The summed E-state index contributed by atoms with van der Waals surface area (Å²) in [7, 11) is 0. The summed E-state index contributed by atoms with van der Waals surface area (Å²) in [5.41, 5.74) is 0.393. The number of likely N-dealkylation sites (tertiary alicyclic amines) is 1. The van der Waals surface area contributed by atoms with Gasteiger partial charge in [-0.25, -0.2) is 0 Å². The second-order valence-corrected chi connectivity index (χ2v) is 6.81. The van der Waals surface area contributed by atoms with Crippen molar-refractivity contribution in [1.82, 2.24) is 4.90 Å². The number of hydrogen-bond acceptors (Lipinski definition) is 6. The molecule has 3 rings (SSSR count). The van der Waals surface area contributed by atoms with Gasteiger partial charge in [0, 0.05) is 24.2 Å². The number of aliphatic hydroxyl groups is 1. The van der Waals surface area contributed by atoms with Gasteiger partial charge in [0.2, 0.25) is 0 Å². The number of aliphatic hydroxyl groups excluding tert-OH is 1. The number of amides is 1. The highest BCUT2D eigenvalue weighted by Gasteiger charge is 2.45. The minimum absolute atomic E-state index is 0.0948. The van der Waals surface area contributed by atoms with E-state index < -0.39 is 28.4 Å². The number of nitro groups is 1.